The molecule has 0 unspecified atom stereocenters. The molecule has 0 spiro atoms. The number of benzene rings is 2. The first kappa shape index (κ1) is 18.2. The second kappa shape index (κ2) is 8.65. The average molecular weight is 359 g/mol. The molecule has 130 valence electrons. The lowest BCUT2D eigenvalue weighted by atomic mass is 10.1. The summed E-state index contributed by atoms with van der Waals surface area (Å²) in [5.74, 6) is 0.0741. The number of carboxylic acid groups (broad SMARTS) is 1. The van der Waals surface area contributed by atoms with Crippen LogP contribution >= 0.6 is 12.2 Å². The van der Waals surface area contributed by atoms with E-state index in [1.165, 1.54) is 13.2 Å². The zero-order valence-electron chi connectivity index (χ0n) is 13.4. The first-order chi connectivity index (χ1) is 12.0. The molecule has 0 aliphatic heterocycles. The molecule has 0 saturated carbocycles. The third-order valence-electron chi connectivity index (χ3n) is 3.14. The zero-order valence-corrected chi connectivity index (χ0v) is 14.2. The van der Waals surface area contributed by atoms with Crippen molar-refractivity contribution in [3.63, 3.8) is 0 Å². The number of hydrogen-bond acceptors (Lipinski definition) is 5. The van der Waals surface area contributed by atoms with Gasteiger partial charge in [0.15, 0.2) is 16.6 Å². The van der Waals surface area contributed by atoms with Crippen LogP contribution in [-0.4, -0.2) is 29.5 Å². The van der Waals surface area contributed by atoms with E-state index in [-0.39, 0.29) is 17.3 Å². The summed E-state index contributed by atoms with van der Waals surface area (Å²) >= 11 is 4.66. The molecule has 0 atom stereocenters. The van der Waals surface area contributed by atoms with Crippen molar-refractivity contribution >= 4 is 29.5 Å². The molecule has 4 N–H and O–H groups in total. The van der Waals surface area contributed by atoms with E-state index in [1.54, 1.807) is 42.6 Å². The smallest absolute Gasteiger partial charge is 0.335 e. The largest absolute Gasteiger partial charge is 0.493 e. The molecular formula is C17H17N3O4S. The van der Waals surface area contributed by atoms with E-state index in [9.17, 15) is 4.79 Å². The first-order valence-corrected chi connectivity index (χ1v) is 7.62. The summed E-state index contributed by atoms with van der Waals surface area (Å²) in [5, 5.41) is 13.0. The Morgan fingerprint density at radius 1 is 1.32 bits per heavy atom. The minimum atomic E-state index is -0.978. The van der Waals surface area contributed by atoms with Crippen molar-refractivity contribution in [3.8, 4) is 11.5 Å². The summed E-state index contributed by atoms with van der Waals surface area (Å²) in [7, 11) is 1.53. The predicted octanol–water partition coefficient (Wildman–Crippen LogP) is 2.14. The molecule has 0 aliphatic carbocycles. The summed E-state index contributed by atoms with van der Waals surface area (Å²) in [4.78, 5) is 11.0. The van der Waals surface area contributed by atoms with Gasteiger partial charge in [0.2, 0.25) is 0 Å². The Hall–Kier alpha value is -3.13. The Morgan fingerprint density at radius 3 is 2.80 bits per heavy atom. The van der Waals surface area contributed by atoms with Gasteiger partial charge in [-0.05, 0) is 53.7 Å². The second-order valence-electron chi connectivity index (χ2n) is 4.94. The Labute approximate surface area is 150 Å². The number of hydrogen-bond donors (Lipinski definition) is 3. The number of ether oxygens (including phenoxy) is 2. The van der Waals surface area contributed by atoms with E-state index in [2.05, 4.69) is 22.7 Å². The monoisotopic (exact) mass is 359 g/mol. The maximum Gasteiger partial charge on any atom is 0.335 e. The van der Waals surface area contributed by atoms with Gasteiger partial charge in [0.1, 0.15) is 6.61 Å². The lowest BCUT2D eigenvalue weighted by molar-refractivity contribution is 0.0696. The Bertz CT molecular complexity index is 808. The van der Waals surface area contributed by atoms with E-state index in [0.717, 1.165) is 11.1 Å². The van der Waals surface area contributed by atoms with Crippen LogP contribution in [0.2, 0.25) is 0 Å². The van der Waals surface area contributed by atoms with E-state index >= 15 is 0 Å². The molecule has 0 radical (unpaired) electrons. The molecule has 0 saturated heterocycles. The van der Waals surface area contributed by atoms with Crippen molar-refractivity contribution in [2.75, 3.05) is 7.11 Å². The van der Waals surface area contributed by atoms with Crippen LogP contribution in [0.5, 0.6) is 11.5 Å². The normalized spacial score (nSPS) is 10.4. The summed E-state index contributed by atoms with van der Waals surface area (Å²) in [6.45, 7) is 0.216. The first-order valence-electron chi connectivity index (χ1n) is 7.21. The molecule has 2 rings (SSSR count). The van der Waals surface area contributed by atoms with Crippen LogP contribution in [0.3, 0.4) is 0 Å². The van der Waals surface area contributed by atoms with Gasteiger partial charge in [0.25, 0.3) is 0 Å². The SMILES string of the molecule is COc1cc(/C=N\NC(N)=S)ccc1OCc1cccc(C(=O)O)c1. The number of nitrogens with one attached hydrogen (secondary N) is 1. The Balaban J connectivity index is 2.09. The fourth-order valence-corrected chi connectivity index (χ4v) is 2.06. The number of rotatable bonds is 7. The lowest BCUT2D eigenvalue weighted by Crippen LogP contribution is -2.23. The van der Waals surface area contributed by atoms with Gasteiger partial charge in [0.05, 0.1) is 18.9 Å². The molecule has 0 aliphatic rings. The van der Waals surface area contributed by atoms with Gasteiger partial charge in [-0.1, -0.05) is 12.1 Å². The van der Waals surface area contributed by atoms with Gasteiger partial charge in [0, 0.05) is 0 Å². The molecule has 8 heteroatoms. The quantitative estimate of drug-likeness (QED) is 0.395. The highest BCUT2D eigenvalue weighted by Gasteiger charge is 2.07. The number of hydrazone groups is 1. The molecular weight excluding hydrogens is 342 g/mol. The summed E-state index contributed by atoms with van der Waals surface area (Å²) in [6.07, 6.45) is 1.54. The van der Waals surface area contributed by atoms with Crippen molar-refractivity contribution in [2.24, 2.45) is 10.8 Å². The van der Waals surface area contributed by atoms with E-state index < -0.39 is 5.97 Å². The molecule has 2 aromatic carbocycles. The van der Waals surface area contributed by atoms with Gasteiger partial charge >= 0.3 is 5.97 Å². The molecule has 0 bridgehead atoms. The minimum absolute atomic E-state index is 0.0757. The van der Waals surface area contributed by atoms with Crippen molar-refractivity contribution in [1.29, 1.82) is 0 Å². The highest BCUT2D eigenvalue weighted by molar-refractivity contribution is 7.80. The fraction of sp³-hybridized carbons (Fsp3) is 0.118. The summed E-state index contributed by atoms with van der Waals surface area (Å²) in [6, 6.07) is 11.8. The molecule has 7 nitrogen and oxygen atoms in total. The number of thiocarbonyl (C=S) groups is 1. The van der Waals surface area contributed by atoms with E-state index in [4.69, 9.17) is 20.3 Å². The number of carboxylic acids is 1. The highest BCUT2D eigenvalue weighted by Crippen LogP contribution is 2.28. The predicted molar refractivity (Wildman–Crippen MR) is 98.2 cm³/mol. The fourth-order valence-electron chi connectivity index (χ4n) is 2.01. The average Bonchev–Trinajstić information content (AvgIpc) is 2.60. The highest BCUT2D eigenvalue weighted by atomic mass is 32.1. The lowest BCUT2D eigenvalue weighted by Gasteiger charge is -2.11. The molecule has 0 amide bonds. The standard InChI is InChI=1S/C17H17N3O4S/c1-23-15-8-11(9-19-20-17(18)25)5-6-14(15)24-10-12-3-2-4-13(7-12)16(21)22/h2-9H,10H2,1H3,(H,21,22)(H3,18,20,25)/b19-9-. The van der Waals surface area contributed by atoms with Gasteiger partial charge in [-0.15, -0.1) is 0 Å². The molecule has 0 heterocycles. The molecule has 0 fully saturated rings. The number of carbonyl (C=O) groups is 1. The third kappa shape index (κ3) is 5.47. The van der Waals surface area contributed by atoms with Gasteiger partial charge in [-0.2, -0.15) is 5.10 Å². The van der Waals surface area contributed by atoms with Crippen LogP contribution in [0.25, 0.3) is 0 Å². The molecule has 25 heavy (non-hydrogen) atoms. The van der Waals surface area contributed by atoms with Crippen LogP contribution in [0.4, 0.5) is 0 Å². The van der Waals surface area contributed by atoms with E-state index in [0.29, 0.717) is 11.5 Å². The number of methoxy groups -OCH3 is 1. The van der Waals surface area contributed by atoms with Crippen molar-refractivity contribution in [3.05, 3.63) is 59.2 Å². The van der Waals surface area contributed by atoms with Crippen LogP contribution in [0, 0.1) is 0 Å². The van der Waals surface area contributed by atoms with Gasteiger partial charge in [-0.25, -0.2) is 4.79 Å². The van der Waals surface area contributed by atoms with Crippen LogP contribution in [0.1, 0.15) is 21.5 Å². The Kier molecular flexibility index (Phi) is 6.30. The van der Waals surface area contributed by atoms with Crippen LogP contribution in [0.15, 0.2) is 47.6 Å². The number of nitrogens with two attached hydrogens (primary N) is 1. The van der Waals surface area contributed by atoms with Crippen molar-refractivity contribution in [1.82, 2.24) is 5.43 Å². The number of nitrogens with zero attached hydrogens (tertiary/aromatic N) is 1. The van der Waals surface area contributed by atoms with Crippen LogP contribution in [-0.2, 0) is 6.61 Å². The van der Waals surface area contributed by atoms with Crippen molar-refractivity contribution < 1.29 is 19.4 Å². The third-order valence-corrected chi connectivity index (χ3v) is 3.24. The molecule has 0 aromatic heterocycles. The van der Waals surface area contributed by atoms with Crippen molar-refractivity contribution in [2.45, 2.75) is 6.61 Å². The van der Waals surface area contributed by atoms with Crippen LogP contribution < -0.4 is 20.6 Å². The zero-order chi connectivity index (χ0) is 18.2. The summed E-state index contributed by atoms with van der Waals surface area (Å²) < 4.78 is 11.0. The maximum absolute atomic E-state index is 11.0. The summed E-state index contributed by atoms with van der Waals surface area (Å²) in [5.41, 5.74) is 9.47. The second-order valence-corrected chi connectivity index (χ2v) is 5.38. The Morgan fingerprint density at radius 2 is 2.12 bits per heavy atom. The number of aromatic carboxylic acids is 1. The van der Waals surface area contributed by atoms with Gasteiger partial charge < -0.3 is 20.3 Å². The van der Waals surface area contributed by atoms with E-state index in [1.807, 2.05) is 0 Å². The minimum Gasteiger partial charge on any atom is -0.493 e. The topological polar surface area (TPSA) is 106 Å². The van der Waals surface area contributed by atoms with Gasteiger partial charge in [-0.3, -0.25) is 5.43 Å². The maximum atomic E-state index is 11.0. The molecule has 2 aromatic rings.